The summed E-state index contributed by atoms with van der Waals surface area (Å²) in [6.07, 6.45) is 1.09. The predicted molar refractivity (Wildman–Crippen MR) is 98.1 cm³/mol. The predicted octanol–water partition coefficient (Wildman–Crippen LogP) is 5.53. The molecule has 0 aromatic heterocycles. The van der Waals surface area contributed by atoms with E-state index in [4.69, 9.17) is 15.8 Å². The highest BCUT2D eigenvalue weighted by atomic mass is 35.5. The largest absolute Gasteiger partial charge is 0.408 e. The normalized spacial score (nSPS) is 10.7. The first-order chi connectivity index (χ1) is 11.1. The van der Waals surface area contributed by atoms with Crippen molar-refractivity contribution in [3.63, 3.8) is 0 Å². The van der Waals surface area contributed by atoms with E-state index in [9.17, 15) is 4.79 Å². The maximum Gasteiger partial charge on any atom is 0.285 e. The van der Waals surface area contributed by atoms with Crippen molar-refractivity contribution in [1.82, 2.24) is 0 Å². The van der Waals surface area contributed by atoms with Crippen LogP contribution in [0, 0.1) is 6.92 Å². The zero-order valence-corrected chi connectivity index (χ0v) is 14.8. The Labute approximate surface area is 149 Å². The lowest BCUT2D eigenvalue weighted by Gasteiger charge is -2.02. The molecule has 0 aliphatic carbocycles. The molecule has 3 nitrogen and oxygen atoms in total. The van der Waals surface area contributed by atoms with Crippen molar-refractivity contribution in [1.29, 1.82) is 0 Å². The van der Waals surface area contributed by atoms with Gasteiger partial charge in [-0.2, -0.15) is 4.99 Å². The molecule has 1 amide bonds. The molecule has 2 aromatic carbocycles. The van der Waals surface area contributed by atoms with Gasteiger partial charge >= 0.3 is 0 Å². The van der Waals surface area contributed by atoms with E-state index in [1.54, 1.807) is 6.07 Å². The highest BCUT2D eigenvalue weighted by molar-refractivity contribution is 8.04. The van der Waals surface area contributed by atoms with E-state index < -0.39 is 5.91 Å². The molecule has 0 unspecified atom stereocenters. The summed E-state index contributed by atoms with van der Waals surface area (Å²) in [6, 6.07) is 15.1. The maximum absolute atomic E-state index is 11.9. The third-order valence-corrected chi connectivity index (χ3v) is 4.78. The topological polar surface area (TPSA) is 38.7 Å². The minimum Gasteiger partial charge on any atom is -0.408 e. The van der Waals surface area contributed by atoms with Crippen LogP contribution in [0.25, 0.3) is 0 Å². The second-order valence-corrected chi connectivity index (χ2v) is 6.86. The van der Waals surface area contributed by atoms with Crippen LogP contribution in [-0.4, -0.2) is 12.3 Å². The molecular weight excluding hydrogens is 350 g/mol. The molecule has 6 heteroatoms. The summed E-state index contributed by atoms with van der Waals surface area (Å²) < 4.78 is 5.16. The molecule has 0 fully saturated rings. The number of hydrogen-bond donors (Lipinski definition) is 0. The van der Waals surface area contributed by atoms with Crippen LogP contribution >= 0.6 is 35.4 Å². The number of aliphatic imine (C=N–C) groups is 1. The van der Waals surface area contributed by atoms with Crippen LogP contribution in [0.4, 0.5) is 0 Å². The van der Waals surface area contributed by atoms with Gasteiger partial charge < -0.3 is 4.18 Å². The standard InChI is InChI=1S/C17H14ClNO2S2/c1-12-7-9-14(10-8-12)22-13(2)17(20)19-11-21-23-16-6-4-3-5-15(16)18/h3-11H,2H2,1H3. The highest BCUT2D eigenvalue weighted by Gasteiger charge is 2.07. The molecule has 118 valence electrons. The molecule has 0 spiro atoms. The van der Waals surface area contributed by atoms with Gasteiger partial charge in [0.15, 0.2) is 6.40 Å². The summed E-state index contributed by atoms with van der Waals surface area (Å²) in [7, 11) is 0. The van der Waals surface area contributed by atoms with Gasteiger partial charge in [0.05, 0.1) is 26.9 Å². The first-order valence-electron chi connectivity index (χ1n) is 6.64. The van der Waals surface area contributed by atoms with Crippen molar-refractivity contribution in [2.24, 2.45) is 4.99 Å². The average molecular weight is 364 g/mol. The number of carbonyl (C=O) groups is 1. The molecule has 0 aliphatic rings. The second-order valence-electron chi connectivity index (χ2n) is 4.49. The van der Waals surface area contributed by atoms with Gasteiger partial charge in [0.2, 0.25) is 0 Å². The van der Waals surface area contributed by atoms with Crippen LogP contribution in [0.5, 0.6) is 0 Å². The highest BCUT2D eigenvalue weighted by Crippen LogP contribution is 2.27. The molecule has 0 saturated heterocycles. The molecule has 0 aliphatic heterocycles. The molecule has 2 aromatic rings. The summed E-state index contributed by atoms with van der Waals surface area (Å²) in [4.78, 5) is 17.6. The number of hydrogen-bond acceptors (Lipinski definition) is 4. The van der Waals surface area contributed by atoms with Crippen LogP contribution in [0.15, 0.2) is 74.8 Å². The fourth-order valence-electron chi connectivity index (χ4n) is 1.52. The third-order valence-electron chi connectivity index (χ3n) is 2.69. The number of thioether (sulfide) groups is 1. The van der Waals surface area contributed by atoms with Crippen molar-refractivity contribution >= 4 is 47.7 Å². The van der Waals surface area contributed by atoms with E-state index in [2.05, 4.69) is 11.6 Å². The molecular formula is C17H14ClNO2S2. The number of aryl methyl sites for hydroxylation is 1. The number of halogens is 1. The van der Waals surface area contributed by atoms with Crippen LogP contribution in [-0.2, 0) is 8.98 Å². The molecule has 0 radical (unpaired) electrons. The maximum atomic E-state index is 11.9. The lowest BCUT2D eigenvalue weighted by Crippen LogP contribution is -1.95. The van der Waals surface area contributed by atoms with Crippen molar-refractivity contribution < 1.29 is 8.98 Å². The van der Waals surface area contributed by atoms with Crippen molar-refractivity contribution in [2.75, 3.05) is 0 Å². The van der Waals surface area contributed by atoms with Crippen LogP contribution < -0.4 is 0 Å². The molecule has 2 rings (SSSR count). The quantitative estimate of drug-likeness (QED) is 0.222. The van der Waals surface area contributed by atoms with Gasteiger partial charge in [0.25, 0.3) is 5.91 Å². The molecule has 0 N–H and O–H groups in total. The van der Waals surface area contributed by atoms with Gasteiger partial charge in [-0.15, -0.1) is 0 Å². The van der Waals surface area contributed by atoms with Gasteiger partial charge in [-0.1, -0.05) is 59.8 Å². The van der Waals surface area contributed by atoms with Crippen LogP contribution in [0.2, 0.25) is 5.02 Å². The van der Waals surface area contributed by atoms with E-state index in [-0.39, 0.29) is 0 Å². The number of carbonyl (C=O) groups excluding carboxylic acids is 1. The first-order valence-corrected chi connectivity index (χ1v) is 8.58. The Morgan fingerprint density at radius 3 is 2.61 bits per heavy atom. The summed E-state index contributed by atoms with van der Waals surface area (Å²) in [6.45, 7) is 5.75. The number of rotatable bonds is 6. The Bertz CT molecular complexity index is 730. The zero-order valence-electron chi connectivity index (χ0n) is 12.4. The monoisotopic (exact) mass is 363 g/mol. The van der Waals surface area contributed by atoms with Gasteiger partial charge in [0.1, 0.15) is 0 Å². The van der Waals surface area contributed by atoms with E-state index in [1.165, 1.54) is 11.8 Å². The molecule has 0 saturated carbocycles. The van der Waals surface area contributed by atoms with Gasteiger partial charge in [0, 0.05) is 4.90 Å². The fourth-order valence-corrected chi connectivity index (χ4v) is 2.92. The van der Waals surface area contributed by atoms with Gasteiger partial charge in [-0.3, -0.25) is 4.79 Å². The fraction of sp³-hybridized carbons (Fsp3) is 0.0588. The number of nitrogens with zero attached hydrogens (tertiary/aromatic N) is 1. The Morgan fingerprint density at radius 2 is 1.91 bits per heavy atom. The van der Waals surface area contributed by atoms with Crippen molar-refractivity contribution in [3.05, 3.63) is 70.6 Å². The van der Waals surface area contributed by atoms with E-state index in [0.29, 0.717) is 9.93 Å². The molecule has 0 heterocycles. The van der Waals surface area contributed by atoms with E-state index in [0.717, 1.165) is 33.8 Å². The molecule has 0 bridgehead atoms. The molecule has 0 atom stereocenters. The lowest BCUT2D eigenvalue weighted by molar-refractivity contribution is -0.113. The van der Waals surface area contributed by atoms with Crippen LogP contribution in [0.3, 0.4) is 0 Å². The Balaban J connectivity index is 1.82. The number of benzene rings is 2. The average Bonchev–Trinajstić information content (AvgIpc) is 2.55. The van der Waals surface area contributed by atoms with Crippen molar-refractivity contribution in [2.45, 2.75) is 16.7 Å². The SMILES string of the molecule is C=C(Sc1ccc(C)cc1)C(=O)N=COSc1ccccc1Cl. The van der Waals surface area contributed by atoms with Crippen molar-refractivity contribution in [3.8, 4) is 0 Å². The van der Waals surface area contributed by atoms with E-state index >= 15 is 0 Å². The zero-order chi connectivity index (χ0) is 16.7. The number of amides is 1. The second kappa shape index (κ2) is 8.82. The molecule has 23 heavy (non-hydrogen) atoms. The minimum absolute atomic E-state index is 0.330. The Morgan fingerprint density at radius 1 is 1.22 bits per heavy atom. The first kappa shape index (κ1) is 17.7. The Hall–Kier alpha value is -1.69. The summed E-state index contributed by atoms with van der Waals surface area (Å²) in [5.74, 6) is -0.435. The van der Waals surface area contributed by atoms with Gasteiger partial charge in [-0.25, -0.2) is 0 Å². The minimum atomic E-state index is -0.435. The lowest BCUT2D eigenvalue weighted by atomic mass is 10.2. The van der Waals surface area contributed by atoms with E-state index in [1.807, 2.05) is 49.4 Å². The summed E-state index contributed by atoms with van der Waals surface area (Å²) in [5.41, 5.74) is 1.16. The smallest absolute Gasteiger partial charge is 0.285 e. The third kappa shape index (κ3) is 5.78. The summed E-state index contributed by atoms with van der Waals surface area (Å²) >= 11 is 8.30. The summed E-state index contributed by atoms with van der Waals surface area (Å²) in [5, 5.41) is 0.580. The Kier molecular flexibility index (Phi) is 6.77. The van der Waals surface area contributed by atoms with Crippen LogP contribution in [0.1, 0.15) is 5.56 Å². The van der Waals surface area contributed by atoms with Gasteiger partial charge in [-0.05, 0) is 31.2 Å².